The summed E-state index contributed by atoms with van der Waals surface area (Å²) >= 11 is 15.0. The van der Waals surface area contributed by atoms with Crippen molar-refractivity contribution in [2.75, 3.05) is 42.2 Å². The topological polar surface area (TPSA) is 215 Å². The summed E-state index contributed by atoms with van der Waals surface area (Å²) in [5.41, 5.74) is 6.73. The number of anilines is 3. The van der Waals surface area contributed by atoms with Gasteiger partial charge in [0.05, 0.1) is 45.9 Å². The molecule has 4 rings (SSSR count). The van der Waals surface area contributed by atoms with Gasteiger partial charge in [-0.1, -0.05) is 0 Å². The molecule has 0 aliphatic heterocycles. The number of carbonyl (C=O) groups is 2. The molecule has 0 saturated carbocycles. The third kappa shape index (κ3) is 12.9. The van der Waals surface area contributed by atoms with Gasteiger partial charge in [-0.15, -0.1) is 23.2 Å². The van der Waals surface area contributed by atoms with Crippen LogP contribution < -0.4 is 25.8 Å². The minimum atomic E-state index is -0.508. The second-order valence-corrected chi connectivity index (χ2v) is 9.77. The summed E-state index contributed by atoms with van der Waals surface area (Å²) in [5, 5.41) is 27.0. The van der Waals surface area contributed by atoms with E-state index in [1.807, 2.05) is 0 Å². The molecule has 248 valence electrons. The number of nitro benzene ring substituents is 2. The number of halogens is 3. The second kappa shape index (κ2) is 19.3. The van der Waals surface area contributed by atoms with Crippen molar-refractivity contribution in [2.45, 2.75) is 6.42 Å². The third-order valence-electron chi connectivity index (χ3n) is 5.51. The van der Waals surface area contributed by atoms with Crippen LogP contribution in [0.5, 0.6) is 23.0 Å². The predicted octanol–water partition coefficient (Wildman–Crippen LogP) is 6.57. The highest BCUT2D eigenvalue weighted by Crippen LogP contribution is 2.32. The van der Waals surface area contributed by atoms with E-state index in [0.29, 0.717) is 45.9 Å². The number of nitrogens with zero attached hydrogens (tertiary/aromatic N) is 4. The fourth-order valence-electron chi connectivity index (χ4n) is 3.50. The van der Waals surface area contributed by atoms with Gasteiger partial charge >= 0.3 is 0 Å². The van der Waals surface area contributed by atoms with Gasteiger partial charge in [-0.25, -0.2) is 4.98 Å². The van der Waals surface area contributed by atoms with Crippen molar-refractivity contribution in [1.29, 1.82) is 0 Å². The van der Waals surface area contributed by atoms with Crippen molar-refractivity contribution >= 4 is 74.4 Å². The molecule has 0 atom stereocenters. The molecule has 47 heavy (non-hydrogen) atoms. The maximum Gasteiger partial charge on any atom is 0.296 e. The molecular weight excluding hydrogens is 681 g/mol. The van der Waals surface area contributed by atoms with E-state index in [2.05, 4.69) is 20.6 Å². The fraction of sp³-hybridized carbons (Fsp3) is 0.172. The Bertz CT molecular complexity index is 1710. The molecule has 2 aromatic heterocycles. The number of ketones is 1. The Morgan fingerprint density at radius 2 is 1.21 bits per heavy atom. The van der Waals surface area contributed by atoms with Crippen LogP contribution in [0.3, 0.4) is 0 Å². The van der Waals surface area contributed by atoms with Crippen LogP contribution in [-0.4, -0.2) is 56.7 Å². The van der Waals surface area contributed by atoms with Gasteiger partial charge in [0.15, 0.2) is 5.78 Å². The smallest absolute Gasteiger partial charge is 0.296 e. The maximum absolute atomic E-state index is 11.3. The van der Waals surface area contributed by atoms with E-state index < -0.39 is 15.1 Å². The van der Waals surface area contributed by atoms with E-state index in [9.17, 15) is 29.8 Å². The van der Waals surface area contributed by atoms with E-state index in [0.717, 1.165) is 0 Å². The number of rotatable bonds is 12. The van der Waals surface area contributed by atoms with E-state index in [1.54, 1.807) is 56.6 Å². The molecule has 0 radical (unpaired) electrons. The summed E-state index contributed by atoms with van der Waals surface area (Å²) in [4.78, 5) is 49.7. The van der Waals surface area contributed by atoms with Crippen molar-refractivity contribution in [3.05, 3.63) is 99.0 Å². The van der Waals surface area contributed by atoms with Gasteiger partial charge in [0.2, 0.25) is 5.24 Å². The third-order valence-corrected chi connectivity index (χ3v) is 6.33. The first-order chi connectivity index (χ1) is 22.4. The summed E-state index contributed by atoms with van der Waals surface area (Å²) in [6.45, 7) is 0. The highest BCUT2D eigenvalue weighted by atomic mass is 35.5. The van der Waals surface area contributed by atoms with Crippen LogP contribution in [0.2, 0.25) is 0 Å². The molecule has 0 fully saturated rings. The maximum atomic E-state index is 11.3. The van der Waals surface area contributed by atoms with E-state index in [4.69, 9.17) is 50.0 Å². The Balaban J connectivity index is 0.000000290. The largest absolute Gasteiger partial charge is 0.457 e. The number of aromatic nitrogens is 2. The summed E-state index contributed by atoms with van der Waals surface area (Å²) in [6.07, 6.45) is 3.11. The average Bonchev–Trinajstić information content (AvgIpc) is 3.05. The Labute approximate surface area is 283 Å². The summed E-state index contributed by atoms with van der Waals surface area (Å²) in [5.74, 6) is 1.58. The second-order valence-electron chi connectivity index (χ2n) is 8.81. The SMILES string of the molecule is CNc1ccc(Oc2ccnc(CC(=O)CCl)c2)cc1[N+](=O)[O-].CNc1ccc(Oc2ccnc(N)c2)cc1[N+](=O)[O-].O=C(Cl)CCl. The number of nitrogens with two attached hydrogens (primary N) is 1. The molecule has 18 heteroatoms. The fourth-order valence-corrected chi connectivity index (χ4v) is 3.60. The highest BCUT2D eigenvalue weighted by molar-refractivity contribution is 6.67. The molecule has 4 aromatic rings. The van der Waals surface area contributed by atoms with Crippen LogP contribution in [0.1, 0.15) is 5.69 Å². The van der Waals surface area contributed by atoms with Crippen molar-refractivity contribution in [1.82, 2.24) is 9.97 Å². The molecule has 2 heterocycles. The first-order valence-electron chi connectivity index (χ1n) is 13.2. The minimum absolute atomic E-state index is 0.0537. The lowest BCUT2D eigenvalue weighted by molar-refractivity contribution is -0.384. The zero-order valence-corrected chi connectivity index (χ0v) is 27.1. The van der Waals surface area contributed by atoms with E-state index in [1.165, 1.54) is 30.6 Å². The zero-order chi connectivity index (χ0) is 34.9. The number of carbonyl (C=O) groups excluding carboxylic acids is 2. The highest BCUT2D eigenvalue weighted by Gasteiger charge is 2.16. The van der Waals surface area contributed by atoms with Crippen molar-refractivity contribution < 1.29 is 28.9 Å². The number of nitro groups is 2. The molecule has 15 nitrogen and oxygen atoms in total. The molecule has 0 aliphatic carbocycles. The quantitative estimate of drug-likeness (QED) is 0.0615. The Kier molecular flexibility index (Phi) is 15.6. The predicted molar refractivity (Wildman–Crippen MR) is 179 cm³/mol. The number of benzene rings is 2. The molecule has 2 aromatic carbocycles. The van der Waals surface area contributed by atoms with E-state index in [-0.39, 0.29) is 35.3 Å². The lowest BCUT2D eigenvalue weighted by Gasteiger charge is -2.08. The number of Topliss-reactive ketones (excluding diaryl/α,β-unsaturated/α-hetero) is 1. The van der Waals surface area contributed by atoms with Gasteiger partial charge in [0.25, 0.3) is 11.4 Å². The van der Waals surface area contributed by atoms with Gasteiger partial charge in [-0.3, -0.25) is 34.8 Å². The first-order valence-corrected chi connectivity index (χ1v) is 14.6. The van der Waals surface area contributed by atoms with Crippen LogP contribution in [0.25, 0.3) is 0 Å². The Morgan fingerprint density at radius 1 is 0.766 bits per heavy atom. The normalized spacial score (nSPS) is 9.81. The number of nitrogen functional groups attached to an aromatic ring is 1. The number of alkyl halides is 2. The zero-order valence-electron chi connectivity index (χ0n) is 24.8. The van der Waals surface area contributed by atoms with Crippen molar-refractivity contribution in [3.63, 3.8) is 0 Å². The van der Waals surface area contributed by atoms with Crippen LogP contribution >= 0.6 is 34.8 Å². The Hall–Kier alpha value is -5.25. The number of ether oxygens (including phenoxy) is 2. The van der Waals surface area contributed by atoms with Crippen molar-refractivity contribution in [3.8, 4) is 23.0 Å². The standard InChI is InChI=1S/C15H14ClN3O4.C12H12N4O3.C2H2Cl2O/c1-17-14-3-2-12(8-15(14)19(21)22)23-13-4-5-18-10(7-13)6-11(20)9-16;1-14-10-3-2-8(6-11(10)16(17)18)19-9-4-5-15-12(13)7-9;3-1-2(4)5/h2-5,7-8,17H,6,9H2,1H3;2-7,14H,1H3,(H2,13,15);1H2. The lowest BCUT2D eigenvalue weighted by Crippen LogP contribution is -2.05. The number of hydrogen-bond acceptors (Lipinski definition) is 13. The number of hydrogen-bond donors (Lipinski definition) is 3. The van der Waals surface area contributed by atoms with Gasteiger partial charge in [-0.2, -0.15) is 0 Å². The molecule has 0 aliphatic rings. The summed E-state index contributed by atoms with van der Waals surface area (Å²) in [6, 6.07) is 15.4. The molecule has 0 saturated heterocycles. The van der Waals surface area contributed by atoms with Gasteiger partial charge in [0.1, 0.15) is 40.2 Å². The minimum Gasteiger partial charge on any atom is -0.457 e. The van der Waals surface area contributed by atoms with Crippen LogP contribution in [0, 0.1) is 20.2 Å². The molecule has 4 N–H and O–H groups in total. The van der Waals surface area contributed by atoms with Crippen molar-refractivity contribution in [2.24, 2.45) is 0 Å². The van der Waals surface area contributed by atoms with Gasteiger partial charge in [-0.05, 0) is 48.0 Å². The monoisotopic (exact) mass is 707 g/mol. The average molecular weight is 709 g/mol. The Morgan fingerprint density at radius 3 is 1.62 bits per heavy atom. The summed E-state index contributed by atoms with van der Waals surface area (Å²) in [7, 11) is 3.22. The first kappa shape index (κ1) is 37.9. The van der Waals surface area contributed by atoms with Gasteiger partial charge in [0, 0.05) is 38.6 Å². The van der Waals surface area contributed by atoms with Gasteiger partial charge < -0.3 is 25.8 Å². The number of nitrogens with one attached hydrogen (secondary N) is 2. The van der Waals surface area contributed by atoms with Crippen LogP contribution in [0.15, 0.2) is 73.1 Å². The van der Waals surface area contributed by atoms with Crippen LogP contribution in [-0.2, 0) is 16.0 Å². The molecular formula is C29H28Cl3N7O8. The molecule has 0 unspecified atom stereocenters. The molecule has 0 amide bonds. The van der Waals surface area contributed by atoms with Crippen LogP contribution in [0.4, 0.5) is 28.6 Å². The molecule has 0 bridgehead atoms. The lowest BCUT2D eigenvalue weighted by atomic mass is 10.2. The number of pyridine rings is 2. The summed E-state index contributed by atoms with van der Waals surface area (Å²) < 4.78 is 11.1. The molecule has 0 spiro atoms. The van der Waals surface area contributed by atoms with E-state index >= 15 is 0 Å².